The fourth-order valence-corrected chi connectivity index (χ4v) is 6.03. The molecule has 11 heteroatoms. The molecule has 2 aromatic heterocycles. The summed E-state index contributed by atoms with van der Waals surface area (Å²) in [6.07, 6.45) is 0. The molecule has 39 heavy (non-hydrogen) atoms. The molecule has 0 aliphatic rings. The number of carbonyl (C=O) groups is 4. The van der Waals surface area contributed by atoms with Crippen molar-refractivity contribution in [2.45, 2.75) is 18.7 Å². The van der Waals surface area contributed by atoms with Crippen LogP contribution in [0.4, 0.5) is 16.4 Å². The number of rotatable bonds is 10. The van der Waals surface area contributed by atoms with Crippen LogP contribution in [0.2, 0.25) is 0 Å². The average Bonchev–Trinajstić information content (AvgIpc) is 3.57. The third kappa shape index (κ3) is 7.34. The SMILES string of the molecule is CCOC(=O)c1c(NC(=O)CSc2cccc(NC(=O)c3cccs3)c2)sc(C(=O)Nc2ccccc2)c1C. The van der Waals surface area contributed by atoms with Gasteiger partial charge in [0.1, 0.15) is 5.00 Å². The van der Waals surface area contributed by atoms with Crippen LogP contribution in [0, 0.1) is 6.92 Å². The molecule has 2 heterocycles. The predicted molar refractivity (Wildman–Crippen MR) is 157 cm³/mol. The van der Waals surface area contributed by atoms with Crippen LogP contribution in [-0.4, -0.2) is 36.1 Å². The molecule has 0 bridgehead atoms. The third-order valence-corrected chi connectivity index (χ3v) is 8.39. The zero-order valence-electron chi connectivity index (χ0n) is 21.1. The van der Waals surface area contributed by atoms with Crippen molar-refractivity contribution in [2.75, 3.05) is 28.3 Å². The Morgan fingerprint density at radius 3 is 2.33 bits per heavy atom. The van der Waals surface area contributed by atoms with Gasteiger partial charge in [-0.15, -0.1) is 34.4 Å². The second-order valence-electron chi connectivity index (χ2n) is 8.10. The highest BCUT2D eigenvalue weighted by molar-refractivity contribution is 8.00. The lowest BCUT2D eigenvalue weighted by Gasteiger charge is -2.08. The molecule has 4 aromatic rings. The first-order valence-corrected chi connectivity index (χ1v) is 14.6. The van der Waals surface area contributed by atoms with Crippen LogP contribution in [0.15, 0.2) is 77.0 Å². The molecule has 0 radical (unpaired) electrons. The number of ether oxygens (including phenoxy) is 1. The van der Waals surface area contributed by atoms with Crippen molar-refractivity contribution in [2.24, 2.45) is 0 Å². The first-order chi connectivity index (χ1) is 18.9. The Kier molecular flexibility index (Phi) is 9.53. The van der Waals surface area contributed by atoms with Crippen LogP contribution in [0.25, 0.3) is 0 Å². The number of hydrogen-bond donors (Lipinski definition) is 3. The number of amides is 3. The molecule has 200 valence electrons. The van der Waals surface area contributed by atoms with E-state index < -0.39 is 5.97 Å². The third-order valence-electron chi connectivity index (χ3n) is 5.32. The van der Waals surface area contributed by atoms with Crippen molar-refractivity contribution >= 4 is 74.5 Å². The highest BCUT2D eigenvalue weighted by Gasteiger charge is 2.26. The highest BCUT2D eigenvalue weighted by atomic mass is 32.2. The van der Waals surface area contributed by atoms with Gasteiger partial charge in [-0.1, -0.05) is 30.3 Å². The summed E-state index contributed by atoms with van der Waals surface area (Å²) in [7, 11) is 0. The lowest BCUT2D eigenvalue weighted by Crippen LogP contribution is -2.16. The maximum atomic E-state index is 13.0. The molecular formula is C28H25N3O5S3. The van der Waals surface area contributed by atoms with Crippen molar-refractivity contribution in [3.63, 3.8) is 0 Å². The van der Waals surface area contributed by atoms with Crippen LogP contribution in [0.1, 0.15) is 42.2 Å². The smallest absolute Gasteiger partial charge is 0.341 e. The van der Waals surface area contributed by atoms with Crippen molar-refractivity contribution in [1.29, 1.82) is 0 Å². The minimum Gasteiger partial charge on any atom is -0.462 e. The average molecular weight is 580 g/mol. The summed E-state index contributed by atoms with van der Waals surface area (Å²) in [4.78, 5) is 52.6. The first-order valence-electron chi connectivity index (χ1n) is 11.9. The molecule has 0 fully saturated rings. The molecule has 3 N–H and O–H groups in total. The molecule has 0 saturated carbocycles. The Morgan fingerprint density at radius 2 is 1.62 bits per heavy atom. The van der Waals surface area contributed by atoms with Gasteiger partial charge in [-0.3, -0.25) is 14.4 Å². The van der Waals surface area contributed by atoms with Gasteiger partial charge < -0.3 is 20.7 Å². The number of para-hydroxylation sites is 1. The summed E-state index contributed by atoms with van der Waals surface area (Å²) >= 11 is 3.66. The minimum atomic E-state index is -0.609. The van der Waals surface area contributed by atoms with Gasteiger partial charge in [0.25, 0.3) is 11.8 Å². The molecule has 0 aliphatic carbocycles. The van der Waals surface area contributed by atoms with Crippen LogP contribution in [-0.2, 0) is 9.53 Å². The van der Waals surface area contributed by atoms with Gasteiger partial charge in [-0.25, -0.2) is 4.79 Å². The van der Waals surface area contributed by atoms with E-state index in [0.717, 1.165) is 16.2 Å². The number of hydrogen-bond acceptors (Lipinski definition) is 8. The summed E-state index contributed by atoms with van der Waals surface area (Å²) in [5.41, 5.74) is 1.83. The fraction of sp³-hybridized carbons (Fsp3) is 0.143. The number of anilines is 3. The Hall–Kier alpha value is -3.93. The lowest BCUT2D eigenvalue weighted by atomic mass is 10.1. The Labute approximate surface area is 237 Å². The molecule has 8 nitrogen and oxygen atoms in total. The van der Waals surface area contributed by atoms with Crippen LogP contribution >= 0.6 is 34.4 Å². The second-order valence-corrected chi connectivity index (χ2v) is 11.1. The molecule has 0 unspecified atom stereocenters. The second kappa shape index (κ2) is 13.2. The van der Waals surface area contributed by atoms with Gasteiger partial charge >= 0.3 is 5.97 Å². The number of nitrogens with one attached hydrogen (secondary N) is 3. The van der Waals surface area contributed by atoms with Gasteiger partial charge in [0.2, 0.25) is 5.91 Å². The molecule has 2 aromatic carbocycles. The fourth-order valence-electron chi connectivity index (χ4n) is 3.55. The monoisotopic (exact) mass is 579 g/mol. The predicted octanol–water partition coefficient (Wildman–Crippen LogP) is 6.53. The number of thiophene rings is 2. The molecule has 0 saturated heterocycles. The van der Waals surface area contributed by atoms with Crippen molar-refractivity contribution in [1.82, 2.24) is 0 Å². The van der Waals surface area contributed by atoms with E-state index in [-0.39, 0.29) is 40.6 Å². The molecule has 4 rings (SSSR count). The molecular weight excluding hydrogens is 555 g/mol. The Morgan fingerprint density at radius 1 is 0.872 bits per heavy atom. The summed E-state index contributed by atoms with van der Waals surface area (Å²) in [5.74, 6) is -1.49. The highest BCUT2D eigenvalue weighted by Crippen LogP contribution is 2.35. The van der Waals surface area contributed by atoms with Gasteiger partial charge in [-0.2, -0.15) is 0 Å². The molecule has 0 aliphatic heterocycles. The summed E-state index contributed by atoms with van der Waals surface area (Å²) in [6.45, 7) is 3.50. The maximum absolute atomic E-state index is 13.0. The van der Waals surface area contributed by atoms with Crippen molar-refractivity contribution in [3.05, 3.63) is 93.0 Å². The zero-order chi connectivity index (χ0) is 27.8. The Bertz CT molecular complexity index is 1480. The quantitative estimate of drug-likeness (QED) is 0.145. The van der Waals surface area contributed by atoms with Crippen LogP contribution in [0.5, 0.6) is 0 Å². The van der Waals surface area contributed by atoms with Crippen LogP contribution < -0.4 is 16.0 Å². The number of thioether (sulfide) groups is 1. The normalized spacial score (nSPS) is 10.5. The van der Waals surface area contributed by atoms with E-state index in [1.165, 1.54) is 23.1 Å². The van der Waals surface area contributed by atoms with E-state index in [4.69, 9.17) is 4.74 Å². The lowest BCUT2D eigenvalue weighted by molar-refractivity contribution is -0.113. The van der Waals surface area contributed by atoms with Gasteiger partial charge in [-0.05, 0) is 61.2 Å². The van der Waals surface area contributed by atoms with E-state index in [1.54, 1.807) is 62.4 Å². The zero-order valence-corrected chi connectivity index (χ0v) is 23.6. The Balaban J connectivity index is 1.44. The number of carbonyl (C=O) groups excluding carboxylic acids is 4. The van der Waals surface area contributed by atoms with Crippen molar-refractivity contribution < 1.29 is 23.9 Å². The summed E-state index contributed by atoms with van der Waals surface area (Å²) in [6, 6.07) is 19.7. The molecule has 0 atom stereocenters. The van der Waals surface area contributed by atoms with E-state index in [1.807, 2.05) is 23.6 Å². The first kappa shape index (κ1) is 28.1. The van der Waals surface area contributed by atoms with E-state index in [9.17, 15) is 19.2 Å². The van der Waals surface area contributed by atoms with Gasteiger partial charge in [0, 0.05) is 16.3 Å². The molecule has 3 amide bonds. The van der Waals surface area contributed by atoms with Crippen molar-refractivity contribution in [3.8, 4) is 0 Å². The number of benzene rings is 2. The van der Waals surface area contributed by atoms with Gasteiger partial charge in [0.15, 0.2) is 0 Å². The standard InChI is InChI=1S/C28H25N3O5S3/c1-3-36-28(35)23-17(2)24(26(34)29-18-9-5-4-6-10-18)39-27(23)31-22(32)16-38-20-12-7-11-19(15-20)30-25(33)21-13-8-14-37-21/h4-15H,3,16H2,1-2H3,(H,29,34)(H,30,33)(H,31,32). The van der Waals surface area contributed by atoms with E-state index in [2.05, 4.69) is 16.0 Å². The van der Waals surface area contributed by atoms with Crippen LogP contribution in [0.3, 0.4) is 0 Å². The molecule has 0 spiro atoms. The maximum Gasteiger partial charge on any atom is 0.341 e. The number of esters is 1. The van der Waals surface area contributed by atoms with E-state index >= 15 is 0 Å². The van der Waals surface area contributed by atoms with E-state index in [0.29, 0.717) is 26.7 Å². The largest absolute Gasteiger partial charge is 0.462 e. The summed E-state index contributed by atoms with van der Waals surface area (Å²) < 4.78 is 5.19. The van der Waals surface area contributed by atoms with Gasteiger partial charge in [0.05, 0.1) is 27.7 Å². The summed E-state index contributed by atoms with van der Waals surface area (Å²) in [5, 5.41) is 10.5. The topological polar surface area (TPSA) is 114 Å². The minimum absolute atomic E-state index is 0.0487.